The zero-order chi connectivity index (χ0) is 14.5. The Hall–Kier alpha value is -1.37. The monoisotopic (exact) mass is 274 g/mol. The molecule has 0 aromatic heterocycles. The van der Waals surface area contributed by atoms with Gasteiger partial charge in [-0.15, -0.1) is 0 Å². The van der Waals surface area contributed by atoms with Gasteiger partial charge in [-0.1, -0.05) is 17.9 Å². The van der Waals surface area contributed by atoms with Crippen molar-refractivity contribution in [3.05, 3.63) is 35.1 Å². The van der Waals surface area contributed by atoms with E-state index >= 15 is 0 Å². The molecule has 1 aliphatic carbocycles. The summed E-state index contributed by atoms with van der Waals surface area (Å²) < 4.78 is 13.4. The van der Waals surface area contributed by atoms with Gasteiger partial charge in [-0.25, -0.2) is 4.39 Å². The SMILES string of the molecule is CC(C)N(Cc1ccc(F)cc1C#CCN)CC1CC1. The minimum atomic E-state index is -0.242. The lowest BCUT2D eigenvalue weighted by Crippen LogP contribution is -2.32. The first-order valence-corrected chi connectivity index (χ1v) is 7.31. The normalized spacial score (nSPS) is 14.5. The van der Waals surface area contributed by atoms with Crippen LogP contribution in [0.2, 0.25) is 0 Å². The molecule has 3 heteroatoms. The molecule has 0 saturated heterocycles. The highest BCUT2D eigenvalue weighted by Gasteiger charge is 2.25. The molecule has 0 bridgehead atoms. The van der Waals surface area contributed by atoms with Crippen molar-refractivity contribution in [2.75, 3.05) is 13.1 Å². The van der Waals surface area contributed by atoms with Crippen molar-refractivity contribution in [3.63, 3.8) is 0 Å². The van der Waals surface area contributed by atoms with E-state index in [2.05, 4.69) is 30.6 Å². The van der Waals surface area contributed by atoms with Gasteiger partial charge in [0.25, 0.3) is 0 Å². The zero-order valence-electron chi connectivity index (χ0n) is 12.3. The molecule has 1 aromatic carbocycles. The predicted molar refractivity (Wildman–Crippen MR) is 80.6 cm³/mol. The molecule has 0 unspecified atom stereocenters. The number of rotatable bonds is 5. The van der Waals surface area contributed by atoms with Crippen LogP contribution in [0.3, 0.4) is 0 Å². The maximum atomic E-state index is 13.4. The third kappa shape index (κ3) is 4.33. The van der Waals surface area contributed by atoms with Gasteiger partial charge in [-0.05, 0) is 50.3 Å². The van der Waals surface area contributed by atoms with Crippen molar-refractivity contribution in [3.8, 4) is 11.8 Å². The number of nitrogens with two attached hydrogens (primary N) is 1. The van der Waals surface area contributed by atoms with Gasteiger partial charge >= 0.3 is 0 Å². The summed E-state index contributed by atoms with van der Waals surface area (Å²) in [5.41, 5.74) is 7.26. The van der Waals surface area contributed by atoms with Crippen molar-refractivity contribution in [2.24, 2.45) is 11.7 Å². The van der Waals surface area contributed by atoms with Gasteiger partial charge in [0.15, 0.2) is 0 Å². The minimum absolute atomic E-state index is 0.242. The average Bonchev–Trinajstić information content (AvgIpc) is 3.21. The Labute approximate surface area is 121 Å². The predicted octanol–water partition coefficient (Wildman–Crippen LogP) is 2.76. The van der Waals surface area contributed by atoms with Crippen LogP contribution in [0.15, 0.2) is 18.2 Å². The molecule has 0 atom stereocenters. The number of hydrogen-bond donors (Lipinski definition) is 1. The van der Waals surface area contributed by atoms with Crippen LogP contribution < -0.4 is 5.73 Å². The van der Waals surface area contributed by atoms with E-state index in [1.807, 2.05) is 6.07 Å². The van der Waals surface area contributed by atoms with Gasteiger partial charge in [0, 0.05) is 24.7 Å². The van der Waals surface area contributed by atoms with Crippen LogP contribution in [0.25, 0.3) is 0 Å². The molecule has 2 nitrogen and oxygen atoms in total. The summed E-state index contributed by atoms with van der Waals surface area (Å²) in [6.07, 6.45) is 2.68. The van der Waals surface area contributed by atoms with E-state index < -0.39 is 0 Å². The van der Waals surface area contributed by atoms with Crippen molar-refractivity contribution in [1.82, 2.24) is 4.90 Å². The fourth-order valence-corrected chi connectivity index (χ4v) is 2.26. The second-order valence-electron chi connectivity index (χ2n) is 5.77. The quantitative estimate of drug-likeness (QED) is 0.837. The second-order valence-corrected chi connectivity index (χ2v) is 5.77. The fourth-order valence-electron chi connectivity index (χ4n) is 2.26. The van der Waals surface area contributed by atoms with Crippen LogP contribution in [0.4, 0.5) is 4.39 Å². The molecule has 0 spiro atoms. The molecule has 20 heavy (non-hydrogen) atoms. The van der Waals surface area contributed by atoms with Crippen molar-refractivity contribution in [1.29, 1.82) is 0 Å². The van der Waals surface area contributed by atoms with Crippen LogP contribution in [-0.4, -0.2) is 24.0 Å². The first kappa shape index (κ1) is 15.0. The Bertz CT molecular complexity index is 509. The molecule has 108 valence electrons. The molecular formula is C17H23FN2. The lowest BCUT2D eigenvalue weighted by Gasteiger charge is -2.27. The highest BCUT2D eigenvalue weighted by Crippen LogP contribution is 2.31. The van der Waals surface area contributed by atoms with Crippen LogP contribution >= 0.6 is 0 Å². The highest BCUT2D eigenvalue weighted by molar-refractivity contribution is 5.42. The van der Waals surface area contributed by atoms with Crippen molar-refractivity contribution >= 4 is 0 Å². The maximum absolute atomic E-state index is 13.4. The van der Waals surface area contributed by atoms with Crippen LogP contribution in [0.5, 0.6) is 0 Å². The Morgan fingerprint density at radius 1 is 1.40 bits per heavy atom. The largest absolute Gasteiger partial charge is 0.320 e. The van der Waals surface area contributed by atoms with Gasteiger partial charge in [-0.2, -0.15) is 0 Å². The summed E-state index contributed by atoms with van der Waals surface area (Å²) in [5.74, 6) is 6.41. The van der Waals surface area contributed by atoms with Crippen LogP contribution in [-0.2, 0) is 6.54 Å². The molecule has 0 heterocycles. The summed E-state index contributed by atoms with van der Waals surface area (Å²) >= 11 is 0. The third-order valence-electron chi connectivity index (χ3n) is 3.69. The number of benzene rings is 1. The van der Waals surface area contributed by atoms with Gasteiger partial charge in [0.05, 0.1) is 6.54 Å². The molecule has 0 aliphatic heterocycles. The van der Waals surface area contributed by atoms with E-state index in [0.29, 0.717) is 12.6 Å². The molecule has 1 aliphatic rings. The summed E-state index contributed by atoms with van der Waals surface area (Å²) in [7, 11) is 0. The molecule has 1 fully saturated rings. The average molecular weight is 274 g/mol. The summed E-state index contributed by atoms with van der Waals surface area (Å²) in [5, 5.41) is 0. The van der Waals surface area contributed by atoms with E-state index in [4.69, 9.17) is 5.73 Å². The second kappa shape index (κ2) is 6.88. The molecule has 2 N–H and O–H groups in total. The third-order valence-corrected chi connectivity index (χ3v) is 3.69. The van der Waals surface area contributed by atoms with Gasteiger partial charge in [-0.3, -0.25) is 4.90 Å². The summed E-state index contributed by atoms with van der Waals surface area (Å²) in [6.45, 7) is 6.65. The number of halogens is 1. The smallest absolute Gasteiger partial charge is 0.124 e. The summed E-state index contributed by atoms with van der Waals surface area (Å²) in [6, 6.07) is 5.35. The molecule has 1 saturated carbocycles. The van der Waals surface area contributed by atoms with Crippen molar-refractivity contribution in [2.45, 2.75) is 39.3 Å². The molecular weight excluding hydrogens is 251 g/mol. The van der Waals surface area contributed by atoms with Gasteiger partial charge in [0.2, 0.25) is 0 Å². The number of hydrogen-bond acceptors (Lipinski definition) is 2. The lowest BCUT2D eigenvalue weighted by molar-refractivity contribution is 0.203. The topological polar surface area (TPSA) is 29.3 Å². The first-order valence-electron chi connectivity index (χ1n) is 7.31. The van der Waals surface area contributed by atoms with E-state index in [1.54, 1.807) is 0 Å². The van der Waals surface area contributed by atoms with E-state index in [1.165, 1.54) is 25.0 Å². The minimum Gasteiger partial charge on any atom is -0.320 e. The Morgan fingerprint density at radius 2 is 2.15 bits per heavy atom. The maximum Gasteiger partial charge on any atom is 0.124 e. The zero-order valence-corrected chi connectivity index (χ0v) is 12.3. The number of nitrogens with zero attached hydrogens (tertiary/aromatic N) is 1. The summed E-state index contributed by atoms with van der Waals surface area (Å²) in [4.78, 5) is 2.44. The van der Waals surface area contributed by atoms with Crippen LogP contribution in [0, 0.1) is 23.6 Å². The Morgan fingerprint density at radius 3 is 2.75 bits per heavy atom. The fraction of sp³-hybridized carbons (Fsp3) is 0.529. The van der Waals surface area contributed by atoms with E-state index in [-0.39, 0.29) is 5.82 Å². The van der Waals surface area contributed by atoms with E-state index in [0.717, 1.165) is 30.1 Å². The molecule has 1 aromatic rings. The molecule has 0 radical (unpaired) electrons. The Balaban J connectivity index is 2.16. The highest BCUT2D eigenvalue weighted by atomic mass is 19.1. The Kier molecular flexibility index (Phi) is 5.17. The standard InChI is InChI=1S/C17H23FN2/c1-13(2)20(11-14-5-6-14)12-16-7-8-17(18)10-15(16)4-3-9-19/h7-8,10,13-14H,5-6,9,11-12,19H2,1-2H3. The van der Waals surface area contributed by atoms with Crippen molar-refractivity contribution < 1.29 is 4.39 Å². The first-order chi connectivity index (χ1) is 9.60. The van der Waals surface area contributed by atoms with Gasteiger partial charge in [0.1, 0.15) is 5.82 Å². The molecule has 2 rings (SSSR count). The van der Waals surface area contributed by atoms with Gasteiger partial charge < -0.3 is 5.73 Å². The van der Waals surface area contributed by atoms with E-state index in [9.17, 15) is 4.39 Å². The molecule has 0 amide bonds. The lowest BCUT2D eigenvalue weighted by atomic mass is 10.1. The van der Waals surface area contributed by atoms with Crippen LogP contribution in [0.1, 0.15) is 37.8 Å².